The van der Waals surface area contributed by atoms with Crippen LogP contribution in [0.5, 0.6) is 0 Å². The molecule has 0 aliphatic carbocycles. The number of hydrogen-bond acceptors (Lipinski definition) is 2. The highest BCUT2D eigenvalue weighted by Crippen LogP contribution is 2.21. The van der Waals surface area contributed by atoms with E-state index in [0.717, 1.165) is 15.6 Å². The first-order valence-electron chi connectivity index (χ1n) is 4.18. The molecular formula is C10H14BrNO. The number of nitrogens with two attached hydrogens (primary N) is 1. The summed E-state index contributed by atoms with van der Waals surface area (Å²) in [5.74, 6) is 0. The Labute approximate surface area is 87.2 Å². The third kappa shape index (κ3) is 2.79. The summed E-state index contributed by atoms with van der Waals surface area (Å²) in [6, 6.07) is 6.18. The Morgan fingerprint density at radius 3 is 2.69 bits per heavy atom. The van der Waals surface area contributed by atoms with E-state index < -0.39 is 0 Å². The Balaban J connectivity index is 2.92. The second-order valence-corrected chi connectivity index (χ2v) is 3.93. The lowest BCUT2D eigenvalue weighted by Crippen LogP contribution is -2.05. The number of rotatable bonds is 3. The lowest BCUT2D eigenvalue weighted by Gasteiger charge is -2.09. The third-order valence-corrected chi connectivity index (χ3v) is 2.64. The summed E-state index contributed by atoms with van der Waals surface area (Å²) in [6.07, 6.45) is 0. The monoisotopic (exact) mass is 243 g/mol. The molecule has 0 spiro atoms. The summed E-state index contributed by atoms with van der Waals surface area (Å²) in [7, 11) is 1.69. The van der Waals surface area contributed by atoms with Crippen LogP contribution in [-0.2, 0) is 11.3 Å². The highest BCUT2D eigenvalue weighted by Gasteiger charge is 2.03. The number of benzene rings is 1. The number of methoxy groups -OCH3 is 1. The Kier molecular flexibility index (Phi) is 3.90. The smallest absolute Gasteiger partial charge is 0.0724 e. The van der Waals surface area contributed by atoms with Crippen LogP contribution in [0.3, 0.4) is 0 Å². The molecule has 0 radical (unpaired) electrons. The molecule has 0 heterocycles. The van der Waals surface area contributed by atoms with E-state index in [9.17, 15) is 0 Å². The zero-order chi connectivity index (χ0) is 9.84. The molecule has 1 rings (SSSR count). The zero-order valence-electron chi connectivity index (χ0n) is 7.88. The van der Waals surface area contributed by atoms with Crippen LogP contribution in [-0.4, -0.2) is 7.11 Å². The van der Waals surface area contributed by atoms with Gasteiger partial charge in [-0.1, -0.05) is 28.1 Å². The molecule has 0 fully saturated rings. The fraction of sp³-hybridized carbons (Fsp3) is 0.400. The molecule has 0 aliphatic heterocycles. The van der Waals surface area contributed by atoms with Crippen LogP contribution < -0.4 is 5.73 Å². The molecule has 0 aliphatic rings. The van der Waals surface area contributed by atoms with Crippen molar-refractivity contribution in [2.24, 2.45) is 5.73 Å². The van der Waals surface area contributed by atoms with Gasteiger partial charge in [0.15, 0.2) is 0 Å². The number of hydrogen-bond donors (Lipinski definition) is 1. The second kappa shape index (κ2) is 4.74. The fourth-order valence-electron chi connectivity index (χ4n) is 1.12. The van der Waals surface area contributed by atoms with Gasteiger partial charge in [-0.15, -0.1) is 0 Å². The molecule has 0 saturated heterocycles. The lowest BCUT2D eigenvalue weighted by atomic mass is 10.1. The average molecular weight is 244 g/mol. The van der Waals surface area contributed by atoms with Gasteiger partial charge in [-0.05, 0) is 24.1 Å². The van der Waals surface area contributed by atoms with Gasteiger partial charge in [0.2, 0.25) is 0 Å². The van der Waals surface area contributed by atoms with Crippen molar-refractivity contribution in [2.45, 2.75) is 19.6 Å². The first-order valence-corrected chi connectivity index (χ1v) is 4.97. The standard InChI is InChI=1S/C10H14BrNO/c1-7(12)8-3-4-9(6-13-2)10(11)5-8/h3-5,7H,6,12H2,1-2H3. The van der Waals surface area contributed by atoms with Crippen molar-refractivity contribution in [1.29, 1.82) is 0 Å². The molecule has 1 unspecified atom stereocenters. The van der Waals surface area contributed by atoms with Gasteiger partial charge in [-0.2, -0.15) is 0 Å². The summed E-state index contributed by atoms with van der Waals surface area (Å²) >= 11 is 3.48. The molecule has 3 heteroatoms. The largest absolute Gasteiger partial charge is 0.380 e. The Morgan fingerprint density at radius 2 is 2.23 bits per heavy atom. The molecule has 2 N–H and O–H groups in total. The SMILES string of the molecule is COCc1ccc(C(C)N)cc1Br. The van der Waals surface area contributed by atoms with E-state index in [-0.39, 0.29) is 6.04 Å². The van der Waals surface area contributed by atoms with E-state index in [1.54, 1.807) is 7.11 Å². The van der Waals surface area contributed by atoms with Gasteiger partial charge in [-0.3, -0.25) is 0 Å². The summed E-state index contributed by atoms with van der Waals surface area (Å²) in [4.78, 5) is 0. The van der Waals surface area contributed by atoms with Crippen LogP contribution in [0.4, 0.5) is 0 Å². The van der Waals surface area contributed by atoms with Crippen molar-refractivity contribution in [3.63, 3.8) is 0 Å². The van der Waals surface area contributed by atoms with Crippen molar-refractivity contribution < 1.29 is 4.74 Å². The van der Waals surface area contributed by atoms with Gasteiger partial charge in [0.25, 0.3) is 0 Å². The van der Waals surface area contributed by atoms with Crippen molar-refractivity contribution in [1.82, 2.24) is 0 Å². The van der Waals surface area contributed by atoms with Gasteiger partial charge in [0, 0.05) is 17.6 Å². The molecular weight excluding hydrogens is 230 g/mol. The number of ether oxygens (including phenoxy) is 1. The van der Waals surface area contributed by atoms with Gasteiger partial charge in [0.05, 0.1) is 6.61 Å². The molecule has 2 nitrogen and oxygen atoms in total. The highest BCUT2D eigenvalue weighted by atomic mass is 79.9. The first-order chi connectivity index (χ1) is 6.15. The fourth-order valence-corrected chi connectivity index (χ4v) is 1.63. The lowest BCUT2D eigenvalue weighted by molar-refractivity contribution is 0.184. The molecule has 0 bridgehead atoms. The van der Waals surface area contributed by atoms with Gasteiger partial charge in [0.1, 0.15) is 0 Å². The molecule has 1 atom stereocenters. The zero-order valence-corrected chi connectivity index (χ0v) is 9.47. The van der Waals surface area contributed by atoms with Crippen LogP contribution in [0, 0.1) is 0 Å². The topological polar surface area (TPSA) is 35.2 Å². The van der Waals surface area contributed by atoms with E-state index in [4.69, 9.17) is 10.5 Å². The van der Waals surface area contributed by atoms with E-state index in [1.807, 2.05) is 25.1 Å². The predicted octanol–water partition coefficient (Wildman–Crippen LogP) is 2.62. The molecule has 72 valence electrons. The second-order valence-electron chi connectivity index (χ2n) is 3.07. The van der Waals surface area contributed by atoms with Crippen molar-refractivity contribution in [3.8, 4) is 0 Å². The van der Waals surface area contributed by atoms with Crippen molar-refractivity contribution in [3.05, 3.63) is 33.8 Å². The average Bonchev–Trinajstić information content (AvgIpc) is 2.08. The Morgan fingerprint density at radius 1 is 1.54 bits per heavy atom. The van der Waals surface area contributed by atoms with Crippen molar-refractivity contribution in [2.75, 3.05) is 7.11 Å². The summed E-state index contributed by atoms with van der Waals surface area (Å²) in [6.45, 7) is 2.59. The third-order valence-electron chi connectivity index (χ3n) is 1.90. The van der Waals surface area contributed by atoms with E-state index in [0.29, 0.717) is 6.61 Å². The quantitative estimate of drug-likeness (QED) is 0.886. The number of halogens is 1. The predicted molar refractivity (Wildman–Crippen MR) is 57.5 cm³/mol. The maximum atomic E-state index is 5.75. The van der Waals surface area contributed by atoms with Crippen LogP contribution >= 0.6 is 15.9 Å². The van der Waals surface area contributed by atoms with Crippen LogP contribution in [0.2, 0.25) is 0 Å². The minimum absolute atomic E-state index is 0.0768. The summed E-state index contributed by atoms with van der Waals surface area (Å²) in [5, 5.41) is 0. The molecule has 1 aromatic carbocycles. The first kappa shape index (κ1) is 10.7. The maximum Gasteiger partial charge on any atom is 0.0724 e. The van der Waals surface area contributed by atoms with Crippen LogP contribution in [0.1, 0.15) is 24.1 Å². The molecule has 0 aromatic heterocycles. The molecule has 13 heavy (non-hydrogen) atoms. The Bertz CT molecular complexity index is 286. The van der Waals surface area contributed by atoms with Crippen molar-refractivity contribution >= 4 is 15.9 Å². The minimum Gasteiger partial charge on any atom is -0.380 e. The van der Waals surface area contributed by atoms with Crippen LogP contribution in [0.25, 0.3) is 0 Å². The van der Waals surface area contributed by atoms with Crippen LogP contribution in [0.15, 0.2) is 22.7 Å². The molecule has 1 aromatic rings. The molecule has 0 saturated carbocycles. The summed E-state index contributed by atoms with van der Waals surface area (Å²) < 4.78 is 6.11. The molecule has 0 amide bonds. The summed E-state index contributed by atoms with van der Waals surface area (Å²) in [5.41, 5.74) is 8.03. The van der Waals surface area contributed by atoms with E-state index in [1.165, 1.54) is 0 Å². The Hall–Kier alpha value is -0.380. The highest BCUT2D eigenvalue weighted by molar-refractivity contribution is 9.10. The van der Waals surface area contributed by atoms with Gasteiger partial charge in [-0.25, -0.2) is 0 Å². The van der Waals surface area contributed by atoms with Gasteiger partial charge < -0.3 is 10.5 Å². The minimum atomic E-state index is 0.0768. The van der Waals surface area contributed by atoms with E-state index in [2.05, 4.69) is 15.9 Å². The maximum absolute atomic E-state index is 5.75. The van der Waals surface area contributed by atoms with Gasteiger partial charge >= 0.3 is 0 Å². The normalized spacial score (nSPS) is 12.9. The van der Waals surface area contributed by atoms with E-state index >= 15 is 0 Å².